The van der Waals surface area contributed by atoms with Gasteiger partial charge in [0, 0.05) is 16.8 Å². The van der Waals surface area contributed by atoms with Gasteiger partial charge in [-0.05, 0) is 22.9 Å². The fourth-order valence-corrected chi connectivity index (χ4v) is 3.22. The van der Waals surface area contributed by atoms with Gasteiger partial charge in [-0.15, -0.1) is 22.7 Å². The average molecular weight is 324 g/mol. The summed E-state index contributed by atoms with van der Waals surface area (Å²) >= 11 is 3.17. The smallest absolute Gasteiger partial charge is 0.407 e. The molecule has 1 N–H and O–H groups in total. The van der Waals surface area contributed by atoms with E-state index in [4.69, 9.17) is 5.11 Å². The number of thiophene rings is 2. The molecule has 2 heterocycles. The van der Waals surface area contributed by atoms with Gasteiger partial charge in [-0.2, -0.15) is 0 Å². The molecule has 112 valence electrons. The van der Waals surface area contributed by atoms with Gasteiger partial charge in [-0.1, -0.05) is 12.1 Å². The van der Waals surface area contributed by atoms with E-state index in [1.54, 1.807) is 27.6 Å². The molecule has 2 amide bonds. The van der Waals surface area contributed by atoms with E-state index in [2.05, 4.69) is 0 Å². The van der Waals surface area contributed by atoms with Gasteiger partial charge in [-0.3, -0.25) is 4.79 Å². The Morgan fingerprint density at radius 3 is 2.00 bits per heavy atom. The number of likely N-dealkylation sites (N-methyl/N-ethyl adjacent to an activating group) is 1. The van der Waals surface area contributed by atoms with Gasteiger partial charge in [0.1, 0.15) is 6.54 Å². The fourth-order valence-electron chi connectivity index (χ4n) is 1.78. The van der Waals surface area contributed by atoms with Gasteiger partial charge in [0.2, 0.25) is 5.91 Å². The van der Waals surface area contributed by atoms with Crippen LogP contribution in [0.25, 0.3) is 0 Å². The van der Waals surface area contributed by atoms with Crippen LogP contribution >= 0.6 is 22.7 Å². The molecule has 7 heteroatoms. The third-order valence-corrected chi connectivity index (χ3v) is 4.63. The summed E-state index contributed by atoms with van der Waals surface area (Å²) in [6.45, 7) is 0.871. The standard InChI is InChI=1S/C14H16N2O3S2/c1-15(14(18)19)10-13(17)16(8-11-4-2-6-20-11)9-12-5-3-7-21-12/h2-7H,8-10H2,1H3,(H,18,19). The maximum atomic E-state index is 12.3. The first kappa shape index (κ1) is 15.5. The summed E-state index contributed by atoms with van der Waals surface area (Å²) in [6.07, 6.45) is -1.10. The monoisotopic (exact) mass is 324 g/mol. The summed E-state index contributed by atoms with van der Waals surface area (Å²) in [6, 6.07) is 7.83. The van der Waals surface area contributed by atoms with E-state index >= 15 is 0 Å². The molecular formula is C14H16N2O3S2. The van der Waals surface area contributed by atoms with Crippen LogP contribution in [-0.4, -0.2) is 40.5 Å². The number of hydrogen-bond donors (Lipinski definition) is 1. The first-order valence-corrected chi connectivity index (χ1v) is 8.09. The lowest BCUT2D eigenvalue weighted by Crippen LogP contribution is -2.39. The van der Waals surface area contributed by atoms with E-state index in [1.807, 2.05) is 35.0 Å². The van der Waals surface area contributed by atoms with E-state index in [0.29, 0.717) is 13.1 Å². The van der Waals surface area contributed by atoms with Gasteiger partial charge in [0.15, 0.2) is 0 Å². The topological polar surface area (TPSA) is 60.9 Å². The second-order valence-corrected chi connectivity index (χ2v) is 6.61. The lowest BCUT2D eigenvalue weighted by atomic mass is 10.3. The first-order valence-electron chi connectivity index (χ1n) is 6.33. The molecule has 0 radical (unpaired) electrons. The number of amides is 2. The van der Waals surface area contributed by atoms with Crippen LogP contribution in [0.15, 0.2) is 35.0 Å². The summed E-state index contributed by atoms with van der Waals surface area (Å²) in [4.78, 5) is 28.0. The lowest BCUT2D eigenvalue weighted by Gasteiger charge is -2.23. The maximum Gasteiger partial charge on any atom is 0.407 e. The van der Waals surface area contributed by atoms with E-state index in [9.17, 15) is 9.59 Å². The summed E-state index contributed by atoms with van der Waals surface area (Å²) in [7, 11) is 1.40. The molecule has 0 spiro atoms. The summed E-state index contributed by atoms with van der Waals surface area (Å²) in [5.41, 5.74) is 0. The molecule has 21 heavy (non-hydrogen) atoms. The summed E-state index contributed by atoms with van der Waals surface area (Å²) < 4.78 is 0. The van der Waals surface area contributed by atoms with Crippen LogP contribution < -0.4 is 0 Å². The average Bonchev–Trinajstić information content (AvgIpc) is 3.10. The van der Waals surface area contributed by atoms with Gasteiger partial charge in [-0.25, -0.2) is 4.79 Å². The molecular weight excluding hydrogens is 308 g/mol. The first-order chi connectivity index (χ1) is 10.1. The Labute approximate surface area is 131 Å². The predicted octanol–water partition coefficient (Wildman–Crippen LogP) is 2.95. The predicted molar refractivity (Wildman–Crippen MR) is 83.5 cm³/mol. The molecule has 0 saturated heterocycles. The quantitative estimate of drug-likeness (QED) is 0.888. The number of carbonyl (C=O) groups excluding carboxylic acids is 1. The number of nitrogens with zero attached hydrogens (tertiary/aromatic N) is 2. The SMILES string of the molecule is CN(CC(=O)N(Cc1cccs1)Cc1cccs1)C(=O)O. The Morgan fingerprint density at radius 2 is 1.62 bits per heavy atom. The Balaban J connectivity index is 2.06. The highest BCUT2D eigenvalue weighted by atomic mass is 32.1. The van der Waals surface area contributed by atoms with Crippen molar-refractivity contribution in [3.8, 4) is 0 Å². The molecule has 0 unspecified atom stereocenters. The Hall–Kier alpha value is -1.86. The maximum absolute atomic E-state index is 12.3. The van der Waals surface area contributed by atoms with Crippen molar-refractivity contribution in [1.29, 1.82) is 0 Å². The number of rotatable bonds is 6. The van der Waals surface area contributed by atoms with Crippen LogP contribution in [0.4, 0.5) is 4.79 Å². The Bertz CT molecular complexity index is 545. The number of carboxylic acid groups (broad SMARTS) is 1. The minimum absolute atomic E-state index is 0.133. The van der Waals surface area contributed by atoms with E-state index < -0.39 is 6.09 Å². The van der Waals surface area contributed by atoms with Crippen molar-refractivity contribution in [2.24, 2.45) is 0 Å². The zero-order chi connectivity index (χ0) is 15.2. The normalized spacial score (nSPS) is 10.3. The highest BCUT2D eigenvalue weighted by Crippen LogP contribution is 2.17. The zero-order valence-electron chi connectivity index (χ0n) is 11.6. The molecule has 0 fully saturated rings. The molecule has 0 aromatic carbocycles. The molecule has 0 aliphatic rings. The highest BCUT2D eigenvalue weighted by molar-refractivity contribution is 7.10. The van der Waals surface area contributed by atoms with E-state index in [1.165, 1.54) is 7.05 Å². The molecule has 0 saturated carbocycles. The molecule has 0 aliphatic carbocycles. The summed E-state index contributed by atoms with van der Waals surface area (Å²) in [5.74, 6) is -0.193. The number of hydrogen-bond acceptors (Lipinski definition) is 4. The summed E-state index contributed by atoms with van der Waals surface area (Å²) in [5, 5.41) is 12.8. The zero-order valence-corrected chi connectivity index (χ0v) is 13.2. The molecule has 2 aromatic heterocycles. The molecule has 2 rings (SSSR count). The van der Waals surface area contributed by atoms with E-state index in [-0.39, 0.29) is 12.5 Å². The molecule has 0 aliphatic heterocycles. The van der Waals surface area contributed by atoms with Crippen molar-refractivity contribution >= 4 is 34.7 Å². The van der Waals surface area contributed by atoms with Gasteiger partial charge in [0.25, 0.3) is 0 Å². The minimum atomic E-state index is -1.10. The van der Waals surface area contributed by atoms with Crippen molar-refractivity contribution in [3.05, 3.63) is 44.8 Å². The largest absolute Gasteiger partial charge is 0.465 e. The van der Waals surface area contributed by atoms with Crippen molar-refractivity contribution < 1.29 is 14.7 Å². The van der Waals surface area contributed by atoms with Crippen LogP contribution in [0.3, 0.4) is 0 Å². The van der Waals surface area contributed by atoms with Crippen LogP contribution in [0.5, 0.6) is 0 Å². The van der Waals surface area contributed by atoms with Crippen molar-refractivity contribution in [3.63, 3.8) is 0 Å². The van der Waals surface area contributed by atoms with Crippen LogP contribution in [0.1, 0.15) is 9.75 Å². The lowest BCUT2D eigenvalue weighted by molar-refractivity contribution is -0.133. The highest BCUT2D eigenvalue weighted by Gasteiger charge is 2.19. The Morgan fingerprint density at radius 1 is 1.10 bits per heavy atom. The van der Waals surface area contributed by atoms with Crippen LogP contribution in [-0.2, 0) is 17.9 Å². The van der Waals surface area contributed by atoms with Crippen LogP contribution in [0.2, 0.25) is 0 Å². The molecule has 0 atom stereocenters. The molecule has 2 aromatic rings. The van der Waals surface area contributed by atoms with Crippen molar-refractivity contribution in [2.75, 3.05) is 13.6 Å². The van der Waals surface area contributed by atoms with E-state index in [0.717, 1.165) is 14.7 Å². The second kappa shape index (κ2) is 7.24. The number of carbonyl (C=O) groups is 2. The van der Waals surface area contributed by atoms with Gasteiger partial charge >= 0.3 is 6.09 Å². The third-order valence-electron chi connectivity index (χ3n) is 2.91. The van der Waals surface area contributed by atoms with Gasteiger partial charge < -0.3 is 14.9 Å². The van der Waals surface area contributed by atoms with Crippen molar-refractivity contribution in [1.82, 2.24) is 9.80 Å². The fraction of sp³-hybridized carbons (Fsp3) is 0.286. The molecule has 5 nitrogen and oxygen atoms in total. The van der Waals surface area contributed by atoms with Gasteiger partial charge in [0.05, 0.1) is 13.1 Å². The second-order valence-electron chi connectivity index (χ2n) is 4.55. The molecule has 0 bridgehead atoms. The van der Waals surface area contributed by atoms with Crippen LogP contribution in [0, 0.1) is 0 Å². The Kier molecular flexibility index (Phi) is 5.35. The van der Waals surface area contributed by atoms with Crippen molar-refractivity contribution in [2.45, 2.75) is 13.1 Å². The third kappa shape index (κ3) is 4.57. The minimum Gasteiger partial charge on any atom is -0.465 e.